The quantitative estimate of drug-likeness (QED) is 0.826. The van der Waals surface area contributed by atoms with Crippen LogP contribution in [0.1, 0.15) is 18.9 Å². The minimum Gasteiger partial charge on any atom is -0.310 e. The Bertz CT molecular complexity index is 587. The number of benzene rings is 1. The Balaban J connectivity index is 2.80. The highest BCUT2D eigenvalue weighted by Crippen LogP contribution is 2.24. The van der Waals surface area contributed by atoms with Gasteiger partial charge in [-0.1, -0.05) is 17.7 Å². The van der Waals surface area contributed by atoms with E-state index in [1.807, 2.05) is 6.92 Å². The molecule has 0 radical (unpaired) electrons. The van der Waals surface area contributed by atoms with Crippen LogP contribution in [-0.2, 0) is 27.2 Å². The molecule has 0 spiro atoms. The summed E-state index contributed by atoms with van der Waals surface area (Å²) < 4.78 is 34.5. The van der Waals surface area contributed by atoms with Crippen molar-refractivity contribution in [3.05, 3.63) is 28.8 Å². The predicted molar refractivity (Wildman–Crippen MR) is 84.4 cm³/mol. The van der Waals surface area contributed by atoms with Crippen molar-refractivity contribution >= 4 is 32.2 Å². The zero-order valence-corrected chi connectivity index (χ0v) is 14.2. The van der Waals surface area contributed by atoms with E-state index >= 15 is 0 Å². The van der Waals surface area contributed by atoms with E-state index in [0.29, 0.717) is 22.9 Å². The number of halogens is 1. The van der Waals surface area contributed by atoms with Crippen molar-refractivity contribution in [2.75, 3.05) is 18.3 Å². The molecule has 1 aromatic rings. The number of rotatable bonds is 7. The smallest absolute Gasteiger partial charge is 0.175 e. The number of nitrogens with one attached hydrogen (secondary N) is 1. The van der Waals surface area contributed by atoms with Crippen LogP contribution in [0.3, 0.4) is 0 Å². The highest BCUT2D eigenvalue weighted by molar-refractivity contribution is 7.90. The summed E-state index contributed by atoms with van der Waals surface area (Å²) in [6.45, 7) is 2.35. The van der Waals surface area contributed by atoms with Crippen molar-refractivity contribution < 1.29 is 12.6 Å². The maximum atomic E-state index is 11.7. The van der Waals surface area contributed by atoms with Gasteiger partial charge in [0.2, 0.25) is 0 Å². The zero-order valence-electron chi connectivity index (χ0n) is 11.8. The van der Waals surface area contributed by atoms with Crippen molar-refractivity contribution in [2.24, 2.45) is 0 Å². The van der Waals surface area contributed by atoms with Gasteiger partial charge in [0.1, 0.15) is 0 Å². The first-order valence-corrected chi connectivity index (χ1v) is 10.2. The molecule has 0 bridgehead atoms. The molecule has 1 N–H and O–H groups in total. The fourth-order valence-corrected chi connectivity index (χ4v) is 3.72. The van der Waals surface area contributed by atoms with Crippen LogP contribution in [0, 0.1) is 0 Å². The van der Waals surface area contributed by atoms with Gasteiger partial charge in [-0.05, 0) is 25.5 Å². The van der Waals surface area contributed by atoms with E-state index in [9.17, 15) is 12.6 Å². The predicted octanol–water partition coefficient (Wildman–Crippen LogP) is 1.99. The van der Waals surface area contributed by atoms with Crippen LogP contribution in [-0.4, -0.2) is 36.9 Å². The molecule has 20 heavy (non-hydrogen) atoms. The molecular weight excluding hydrogens is 318 g/mol. The fourth-order valence-electron chi connectivity index (χ4n) is 1.78. The van der Waals surface area contributed by atoms with Gasteiger partial charge in [-0.15, -0.1) is 0 Å². The molecule has 2 atom stereocenters. The van der Waals surface area contributed by atoms with Gasteiger partial charge >= 0.3 is 0 Å². The van der Waals surface area contributed by atoms with E-state index in [4.69, 9.17) is 11.6 Å². The largest absolute Gasteiger partial charge is 0.310 e. The molecule has 2 unspecified atom stereocenters. The Hall–Kier alpha value is -0.430. The lowest BCUT2D eigenvalue weighted by atomic mass is 10.2. The molecule has 0 saturated heterocycles. The van der Waals surface area contributed by atoms with Gasteiger partial charge in [-0.3, -0.25) is 4.21 Å². The van der Waals surface area contributed by atoms with Crippen molar-refractivity contribution in [1.29, 1.82) is 0 Å². The zero-order chi connectivity index (χ0) is 15.3. The van der Waals surface area contributed by atoms with Gasteiger partial charge < -0.3 is 5.32 Å². The van der Waals surface area contributed by atoms with Gasteiger partial charge in [0.05, 0.1) is 4.90 Å². The monoisotopic (exact) mass is 337 g/mol. The Morgan fingerprint density at radius 3 is 2.60 bits per heavy atom. The van der Waals surface area contributed by atoms with Gasteiger partial charge in [-0.25, -0.2) is 8.42 Å². The van der Waals surface area contributed by atoms with Crippen molar-refractivity contribution in [3.63, 3.8) is 0 Å². The minimum atomic E-state index is -3.30. The third kappa shape index (κ3) is 5.52. The number of hydrogen-bond acceptors (Lipinski definition) is 4. The first-order valence-electron chi connectivity index (χ1n) is 6.22. The topological polar surface area (TPSA) is 63.2 Å². The van der Waals surface area contributed by atoms with E-state index < -0.39 is 20.6 Å². The van der Waals surface area contributed by atoms with E-state index in [-0.39, 0.29) is 10.9 Å². The van der Waals surface area contributed by atoms with E-state index in [1.165, 1.54) is 6.26 Å². The Labute approximate surface area is 128 Å². The molecule has 0 fully saturated rings. The van der Waals surface area contributed by atoms with Gasteiger partial charge in [-0.2, -0.15) is 0 Å². The standard InChI is InChI=1S/C13H20ClNO3S2/c1-10(7-8-19(2)16)15-9-11-12(14)5-4-6-13(11)20(3,17)18/h4-6,10,15H,7-9H2,1-3H3. The van der Waals surface area contributed by atoms with E-state index in [0.717, 1.165) is 6.42 Å². The van der Waals surface area contributed by atoms with Crippen LogP contribution >= 0.6 is 11.6 Å². The van der Waals surface area contributed by atoms with Crippen LogP contribution in [0.15, 0.2) is 23.1 Å². The highest BCUT2D eigenvalue weighted by atomic mass is 35.5. The lowest BCUT2D eigenvalue weighted by Gasteiger charge is -2.16. The average molecular weight is 338 g/mol. The van der Waals surface area contributed by atoms with Crippen LogP contribution in [0.2, 0.25) is 5.02 Å². The third-order valence-corrected chi connectivity index (χ3v) is 5.29. The maximum Gasteiger partial charge on any atom is 0.175 e. The van der Waals surface area contributed by atoms with Crippen molar-refractivity contribution in [3.8, 4) is 0 Å². The van der Waals surface area contributed by atoms with Gasteiger partial charge in [0.25, 0.3) is 0 Å². The normalized spacial score (nSPS) is 15.0. The van der Waals surface area contributed by atoms with Crippen LogP contribution < -0.4 is 5.32 Å². The molecule has 1 rings (SSSR count). The molecule has 1 aromatic carbocycles. The van der Waals surface area contributed by atoms with Gasteiger partial charge in [0, 0.05) is 52.2 Å². The summed E-state index contributed by atoms with van der Waals surface area (Å²) in [6.07, 6.45) is 3.61. The van der Waals surface area contributed by atoms with Crippen LogP contribution in [0.5, 0.6) is 0 Å². The minimum absolute atomic E-state index is 0.141. The SMILES string of the molecule is CC(CCS(C)=O)NCc1c(Cl)cccc1S(C)(=O)=O. The van der Waals surface area contributed by atoms with E-state index in [2.05, 4.69) is 5.32 Å². The second-order valence-electron chi connectivity index (χ2n) is 4.84. The van der Waals surface area contributed by atoms with E-state index in [1.54, 1.807) is 24.5 Å². The Morgan fingerprint density at radius 2 is 2.05 bits per heavy atom. The lowest BCUT2D eigenvalue weighted by Crippen LogP contribution is -2.27. The highest BCUT2D eigenvalue weighted by Gasteiger charge is 2.16. The molecule has 0 amide bonds. The summed E-state index contributed by atoms with van der Waals surface area (Å²) in [5.41, 5.74) is 0.584. The maximum absolute atomic E-state index is 11.7. The summed E-state index contributed by atoms with van der Waals surface area (Å²) in [6, 6.07) is 5.01. The summed E-state index contributed by atoms with van der Waals surface area (Å²) in [5, 5.41) is 3.66. The van der Waals surface area contributed by atoms with Crippen LogP contribution in [0.4, 0.5) is 0 Å². The Kier molecular flexibility index (Phi) is 6.64. The first kappa shape index (κ1) is 17.6. The molecule has 0 aromatic heterocycles. The molecule has 0 aliphatic rings. The molecular formula is C13H20ClNO3S2. The average Bonchev–Trinajstić information content (AvgIpc) is 2.33. The Morgan fingerprint density at radius 1 is 1.40 bits per heavy atom. The second kappa shape index (κ2) is 7.54. The first-order chi connectivity index (χ1) is 9.21. The molecule has 7 heteroatoms. The second-order valence-corrected chi connectivity index (χ2v) is 8.78. The van der Waals surface area contributed by atoms with Crippen LogP contribution in [0.25, 0.3) is 0 Å². The molecule has 0 aliphatic carbocycles. The summed E-state index contributed by atoms with van der Waals surface area (Å²) in [5.74, 6) is 0.621. The number of sulfone groups is 1. The molecule has 0 aliphatic heterocycles. The van der Waals surface area contributed by atoms with Gasteiger partial charge in [0.15, 0.2) is 9.84 Å². The third-order valence-electron chi connectivity index (χ3n) is 2.94. The molecule has 0 heterocycles. The molecule has 4 nitrogen and oxygen atoms in total. The summed E-state index contributed by atoms with van der Waals surface area (Å²) in [7, 11) is -4.12. The lowest BCUT2D eigenvalue weighted by molar-refractivity contribution is 0.530. The molecule has 114 valence electrons. The fraction of sp³-hybridized carbons (Fsp3) is 0.538. The van der Waals surface area contributed by atoms with Crippen molar-refractivity contribution in [1.82, 2.24) is 5.32 Å². The number of hydrogen-bond donors (Lipinski definition) is 1. The van der Waals surface area contributed by atoms with Crippen molar-refractivity contribution in [2.45, 2.75) is 30.8 Å². The summed E-state index contributed by atoms with van der Waals surface area (Å²) in [4.78, 5) is 0.253. The summed E-state index contributed by atoms with van der Waals surface area (Å²) >= 11 is 6.09. The molecule has 0 saturated carbocycles.